The molecule has 7 nitrogen and oxygen atoms in total. The number of benzene rings is 2. The van der Waals surface area contributed by atoms with E-state index in [1.807, 2.05) is 17.5 Å². The molecular formula is C31H28Cl2N2O5S. The number of anilines is 1. The lowest BCUT2D eigenvalue weighted by Crippen LogP contribution is -2.46. The van der Waals surface area contributed by atoms with E-state index in [0.29, 0.717) is 33.4 Å². The molecule has 2 aromatic carbocycles. The topological polar surface area (TPSA) is 98.9 Å². The highest BCUT2D eigenvalue weighted by Gasteiger charge is 2.51. The molecule has 41 heavy (non-hydrogen) atoms. The molecule has 0 saturated carbocycles. The van der Waals surface area contributed by atoms with Crippen LogP contribution in [0.5, 0.6) is 0 Å². The zero-order chi connectivity index (χ0) is 29.3. The number of esters is 2. The predicted molar refractivity (Wildman–Crippen MR) is 160 cm³/mol. The van der Waals surface area contributed by atoms with Crippen LogP contribution in [0.1, 0.15) is 42.5 Å². The van der Waals surface area contributed by atoms with Crippen molar-refractivity contribution in [2.45, 2.75) is 32.1 Å². The second kappa shape index (κ2) is 12.1. The van der Waals surface area contributed by atoms with Crippen LogP contribution in [0.25, 0.3) is 0 Å². The van der Waals surface area contributed by atoms with E-state index in [9.17, 15) is 14.4 Å². The van der Waals surface area contributed by atoms with Crippen molar-refractivity contribution in [1.29, 1.82) is 0 Å². The Morgan fingerprint density at radius 3 is 2.37 bits per heavy atom. The number of nitrogens with zero attached hydrogens (tertiary/aromatic N) is 1. The molecular weight excluding hydrogens is 583 g/mol. The summed E-state index contributed by atoms with van der Waals surface area (Å²) >= 11 is 14.1. The normalized spacial score (nSPS) is 20.6. The Morgan fingerprint density at radius 2 is 1.73 bits per heavy atom. The molecule has 3 aromatic rings. The quantitative estimate of drug-likeness (QED) is 0.238. The van der Waals surface area contributed by atoms with Gasteiger partial charge in [-0.05, 0) is 73.7 Å². The number of hydrogen-bond acceptors (Lipinski definition) is 8. The summed E-state index contributed by atoms with van der Waals surface area (Å²) in [6.45, 7) is 3.63. The molecule has 2 heterocycles. The van der Waals surface area contributed by atoms with Crippen molar-refractivity contribution in [2.75, 3.05) is 18.1 Å². The molecule has 212 valence electrons. The molecule has 0 spiro atoms. The predicted octanol–water partition coefficient (Wildman–Crippen LogP) is 6.58. The van der Waals surface area contributed by atoms with Crippen molar-refractivity contribution < 1.29 is 23.9 Å². The second-order valence-electron chi connectivity index (χ2n) is 9.60. The van der Waals surface area contributed by atoms with Gasteiger partial charge in [0, 0.05) is 37.8 Å². The molecule has 0 amide bonds. The third kappa shape index (κ3) is 5.39. The number of rotatable bonds is 7. The molecule has 0 bridgehead atoms. The van der Waals surface area contributed by atoms with Crippen LogP contribution < -0.4 is 10.6 Å². The van der Waals surface area contributed by atoms with Crippen molar-refractivity contribution in [2.24, 2.45) is 11.7 Å². The highest BCUT2D eigenvalue weighted by atomic mass is 35.5. The summed E-state index contributed by atoms with van der Waals surface area (Å²) in [5.41, 5.74) is 9.01. The third-order valence-electron chi connectivity index (χ3n) is 7.25. The summed E-state index contributed by atoms with van der Waals surface area (Å²) in [6, 6.07) is 17.7. The fraction of sp³-hybridized carbons (Fsp3) is 0.258. The Kier molecular flexibility index (Phi) is 8.54. The maximum absolute atomic E-state index is 14.7. The van der Waals surface area contributed by atoms with E-state index in [0.717, 1.165) is 4.88 Å². The van der Waals surface area contributed by atoms with Crippen LogP contribution in [-0.2, 0) is 23.9 Å². The number of ketones is 1. The fourth-order valence-corrected chi connectivity index (χ4v) is 6.80. The Morgan fingerprint density at radius 1 is 1.00 bits per heavy atom. The van der Waals surface area contributed by atoms with Crippen molar-refractivity contribution in [3.05, 3.63) is 109 Å². The first-order valence-electron chi connectivity index (χ1n) is 13.2. The number of nitrogens with two attached hydrogens (primary N) is 1. The highest BCUT2D eigenvalue weighted by Crippen LogP contribution is 2.52. The van der Waals surface area contributed by atoms with Gasteiger partial charge in [-0.3, -0.25) is 14.5 Å². The van der Waals surface area contributed by atoms with Gasteiger partial charge in [0.25, 0.3) is 0 Å². The Bertz CT molecular complexity index is 1550. The van der Waals surface area contributed by atoms with Crippen molar-refractivity contribution in [3.63, 3.8) is 0 Å². The molecule has 10 heteroatoms. The highest BCUT2D eigenvalue weighted by molar-refractivity contribution is 7.10. The summed E-state index contributed by atoms with van der Waals surface area (Å²) < 4.78 is 10.9. The summed E-state index contributed by atoms with van der Waals surface area (Å²) in [6.07, 6.45) is 0.293. The first-order valence-corrected chi connectivity index (χ1v) is 14.9. The summed E-state index contributed by atoms with van der Waals surface area (Å²) in [4.78, 5) is 44.3. The second-order valence-corrected chi connectivity index (χ2v) is 11.5. The van der Waals surface area contributed by atoms with Crippen LogP contribution in [-0.4, -0.2) is 30.9 Å². The molecule has 2 N–H and O–H groups in total. The lowest BCUT2D eigenvalue weighted by molar-refractivity contribution is -0.152. The maximum atomic E-state index is 14.7. The van der Waals surface area contributed by atoms with E-state index in [4.69, 9.17) is 38.4 Å². The Hall–Kier alpha value is -3.59. The van der Waals surface area contributed by atoms with Crippen molar-refractivity contribution >= 4 is 57.9 Å². The molecule has 5 rings (SSSR count). The minimum absolute atomic E-state index is 0.0911. The minimum Gasteiger partial charge on any atom is -0.465 e. The van der Waals surface area contributed by atoms with Gasteiger partial charge in [-0.15, -0.1) is 11.3 Å². The van der Waals surface area contributed by atoms with Gasteiger partial charge in [-0.25, -0.2) is 4.79 Å². The van der Waals surface area contributed by atoms with Gasteiger partial charge in [0.1, 0.15) is 11.7 Å². The van der Waals surface area contributed by atoms with Crippen LogP contribution >= 0.6 is 34.5 Å². The number of ether oxygens (including phenoxy) is 2. The van der Waals surface area contributed by atoms with E-state index >= 15 is 0 Å². The molecule has 3 atom stereocenters. The molecule has 1 aliphatic heterocycles. The lowest BCUT2D eigenvalue weighted by Gasteiger charge is -2.43. The van der Waals surface area contributed by atoms with E-state index in [2.05, 4.69) is 0 Å². The number of hydrogen-bond donors (Lipinski definition) is 1. The van der Waals surface area contributed by atoms with Crippen molar-refractivity contribution in [1.82, 2.24) is 0 Å². The van der Waals surface area contributed by atoms with Gasteiger partial charge in [0.15, 0.2) is 5.78 Å². The average Bonchev–Trinajstić information content (AvgIpc) is 3.48. The first kappa shape index (κ1) is 28.9. The number of Topliss-reactive ketones (excluding diaryl/α,β-unsaturated/α-hetero) is 1. The number of carbonyl (C=O) groups is 3. The smallest absolute Gasteiger partial charge is 0.338 e. The van der Waals surface area contributed by atoms with Crippen LogP contribution in [0.2, 0.25) is 10.0 Å². The van der Waals surface area contributed by atoms with Crippen LogP contribution in [0.4, 0.5) is 5.69 Å². The van der Waals surface area contributed by atoms with Gasteiger partial charge in [-0.2, -0.15) is 0 Å². The standard InChI is InChI=1S/C31H28Cl2N2O5S/c1-3-39-30(37)25-21(23-9-6-14-41-23)16-22-26(28(25)36)24(17-7-5-8-19(33)15-17)27(31(38)40-4-2)29(34)35(22)20-12-10-18(32)11-13-20/h5-15,21,24-25H,3-4,16,34H2,1-2H3/t21-,24-,25-/m1/s1. The molecule has 0 saturated heterocycles. The van der Waals surface area contributed by atoms with Crippen LogP contribution in [0.15, 0.2) is 88.7 Å². The zero-order valence-corrected chi connectivity index (χ0v) is 24.8. The zero-order valence-electron chi connectivity index (χ0n) is 22.4. The van der Waals surface area contributed by atoms with Gasteiger partial charge >= 0.3 is 11.9 Å². The largest absolute Gasteiger partial charge is 0.465 e. The molecule has 2 aliphatic rings. The summed E-state index contributed by atoms with van der Waals surface area (Å²) in [5.74, 6) is -4.09. The van der Waals surface area contributed by atoms with Crippen LogP contribution in [0.3, 0.4) is 0 Å². The molecule has 0 unspecified atom stereocenters. The summed E-state index contributed by atoms with van der Waals surface area (Å²) in [5, 5.41) is 2.85. The minimum atomic E-state index is -1.11. The number of carbonyl (C=O) groups excluding carboxylic acids is 3. The number of thiophene rings is 1. The summed E-state index contributed by atoms with van der Waals surface area (Å²) in [7, 11) is 0. The molecule has 1 aromatic heterocycles. The van der Waals surface area contributed by atoms with E-state index in [-0.39, 0.29) is 30.2 Å². The van der Waals surface area contributed by atoms with Gasteiger partial charge in [0.2, 0.25) is 0 Å². The maximum Gasteiger partial charge on any atom is 0.338 e. The lowest BCUT2D eigenvalue weighted by atomic mass is 9.68. The SMILES string of the molecule is CCOC(=O)C1=C(N)N(c2ccc(Cl)cc2)C2=C(C(=O)[C@H](C(=O)OCC)[C@@H](c3cccs3)C2)[C@H]1c1cccc(Cl)c1. The Balaban J connectivity index is 1.82. The van der Waals surface area contributed by atoms with E-state index in [1.165, 1.54) is 11.3 Å². The third-order valence-corrected chi connectivity index (χ3v) is 8.74. The van der Waals surface area contributed by atoms with Crippen LogP contribution in [0, 0.1) is 5.92 Å². The monoisotopic (exact) mass is 610 g/mol. The Labute approximate surface area is 252 Å². The van der Waals surface area contributed by atoms with Crippen molar-refractivity contribution in [3.8, 4) is 0 Å². The average molecular weight is 612 g/mol. The number of allylic oxidation sites excluding steroid dienone is 2. The van der Waals surface area contributed by atoms with E-state index in [1.54, 1.807) is 67.3 Å². The van der Waals surface area contributed by atoms with E-state index < -0.39 is 35.5 Å². The molecule has 0 fully saturated rings. The molecule has 0 radical (unpaired) electrons. The van der Waals surface area contributed by atoms with Gasteiger partial charge in [-0.1, -0.05) is 41.4 Å². The first-order chi connectivity index (χ1) is 19.8. The fourth-order valence-electron chi connectivity index (χ4n) is 5.61. The van der Waals surface area contributed by atoms with Gasteiger partial charge < -0.3 is 15.2 Å². The molecule has 1 aliphatic carbocycles. The number of halogens is 2. The van der Waals surface area contributed by atoms with Gasteiger partial charge in [0.05, 0.1) is 24.7 Å².